The van der Waals surface area contributed by atoms with Crippen molar-refractivity contribution in [1.29, 1.82) is 0 Å². The van der Waals surface area contributed by atoms with Gasteiger partial charge in [-0.2, -0.15) is 0 Å². The van der Waals surface area contributed by atoms with Crippen LogP contribution in [0.25, 0.3) is 0 Å². The number of non-ortho nitro benzene ring substituents is 1. The molecule has 144 valence electrons. The summed E-state index contributed by atoms with van der Waals surface area (Å²) in [5.74, 6) is -1.16. The van der Waals surface area contributed by atoms with Gasteiger partial charge in [0.25, 0.3) is 11.6 Å². The molecule has 0 saturated heterocycles. The summed E-state index contributed by atoms with van der Waals surface area (Å²) in [6.07, 6.45) is 0. The third-order valence-electron chi connectivity index (χ3n) is 3.88. The predicted molar refractivity (Wildman–Crippen MR) is 98.4 cm³/mol. The van der Waals surface area contributed by atoms with Crippen LogP contribution in [0, 0.1) is 10.1 Å². The zero-order chi connectivity index (χ0) is 19.9. The average molecular weight is 365 g/mol. The fourth-order valence-electron chi connectivity index (χ4n) is 2.69. The molecule has 0 fully saturated rings. The first-order valence-electron chi connectivity index (χ1n) is 8.67. The van der Waals surface area contributed by atoms with Gasteiger partial charge in [-0.1, -0.05) is 0 Å². The van der Waals surface area contributed by atoms with E-state index < -0.39 is 16.8 Å². The van der Waals surface area contributed by atoms with Crippen LogP contribution < -0.4 is 5.32 Å². The highest BCUT2D eigenvalue weighted by atomic mass is 16.6. The molecular formula is C18H27N3O5. The molecule has 1 amide bonds. The van der Waals surface area contributed by atoms with Crippen LogP contribution in [0.4, 0.5) is 5.69 Å². The van der Waals surface area contributed by atoms with Crippen molar-refractivity contribution in [2.45, 2.75) is 46.7 Å². The largest absolute Gasteiger partial charge is 0.462 e. The van der Waals surface area contributed by atoms with Crippen molar-refractivity contribution in [2.24, 2.45) is 0 Å². The van der Waals surface area contributed by atoms with Crippen molar-refractivity contribution >= 4 is 17.6 Å². The fourth-order valence-corrected chi connectivity index (χ4v) is 2.69. The van der Waals surface area contributed by atoms with E-state index in [-0.39, 0.29) is 23.4 Å². The Kier molecular flexibility index (Phi) is 8.18. The molecule has 0 saturated carbocycles. The van der Waals surface area contributed by atoms with Gasteiger partial charge in [-0.05, 0) is 40.7 Å². The number of nitrogens with one attached hydrogen (secondary N) is 1. The van der Waals surface area contributed by atoms with Crippen molar-refractivity contribution in [3.63, 3.8) is 0 Å². The lowest BCUT2D eigenvalue weighted by Gasteiger charge is -2.30. The summed E-state index contributed by atoms with van der Waals surface area (Å²) in [5.41, 5.74) is -0.285. The van der Waals surface area contributed by atoms with E-state index in [1.165, 1.54) is 6.07 Å². The fraction of sp³-hybridized carbons (Fsp3) is 0.556. The van der Waals surface area contributed by atoms with E-state index in [4.69, 9.17) is 4.74 Å². The van der Waals surface area contributed by atoms with Gasteiger partial charge in [0.15, 0.2) is 0 Å². The average Bonchev–Trinajstić information content (AvgIpc) is 2.57. The van der Waals surface area contributed by atoms with Crippen molar-refractivity contribution < 1.29 is 19.2 Å². The number of ether oxygens (including phenoxy) is 1. The summed E-state index contributed by atoms with van der Waals surface area (Å²) in [7, 11) is 0. The molecule has 1 N–H and O–H groups in total. The summed E-state index contributed by atoms with van der Waals surface area (Å²) in [6.45, 7) is 11.1. The van der Waals surface area contributed by atoms with Crippen LogP contribution in [0.5, 0.6) is 0 Å². The van der Waals surface area contributed by atoms with E-state index in [0.717, 1.165) is 12.1 Å². The zero-order valence-corrected chi connectivity index (χ0v) is 15.9. The second-order valence-corrected chi connectivity index (χ2v) is 6.43. The molecule has 0 radical (unpaired) electrons. The van der Waals surface area contributed by atoms with Crippen LogP contribution in [0.2, 0.25) is 0 Å². The van der Waals surface area contributed by atoms with E-state index in [0.29, 0.717) is 25.2 Å². The van der Waals surface area contributed by atoms with Gasteiger partial charge in [-0.3, -0.25) is 19.8 Å². The molecule has 0 aliphatic rings. The van der Waals surface area contributed by atoms with Gasteiger partial charge >= 0.3 is 5.97 Å². The maximum Gasteiger partial charge on any atom is 0.338 e. The Bertz CT molecular complexity index is 650. The van der Waals surface area contributed by atoms with Crippen LogP contribution in [0.3, 0.4) is 0 Å². The minimum atomic E-state index is -0.698. The number of esters is 1. The highest BCUT2D eigenvalue weighted by Crippen LogP contribution is 2.18. The molecule has 8 heteroatoms. The number of hydrogen-bond donors (Lipinski definition) is 1. The Balaban J connectivity index is 2.90. The van der Waals surface area contributed by atoms with Crippen LogP contribution in [-0.2, 0) is 4.74 Å². The van der Waals surface area contributed by atoms with Crippen LogP contribution in [-0.4, -0.2) is 53.5 Å². The molecular weight excluding hydrogens is 338 g/mol. The number of amides is 1. The molecule has 0 aromatic heterocycles. The van der Waals surface area contributed by atoms with E-state index in [2.05, 4.69) is 37.9 Å². The van der Waals surface area contributed by atoms with Gasteiger partial charge in [-0.25, -0.2) is 4.79 Å². The lowest BCUT2D eigenvalue weighted by molar-refractivity contribution is -0.384. The maximum absolute atomic E-state index is 12.4. The highest BCUT2D eigenvalue weighted by molar-refractivity contribution is 5.99. The van der Waals surface area contributed by atoms with Gasteiger partial charge in [0.2, 0.25) is 0 Å². The number of rotatable bonds is 9. The summed E-state index contributed by atoms with van der Waals surface area (Å²) in [6, 6.07) is 4.23. The Labute approximate surface area is 153 Å². The molecule has 8 nitrogen and oxygen atoms in total. The van der Waals surface area contributed by atoms with Crippen molar-refractivity contribution in [1.82, 2.24) is 10.2 Å². The molecule has 1 aromatic carbocycles. The lowest BCUT2D eigenvalue weighted by atomic mass is 10.1. The summed E-state index contributed by atoms with van der Waals surface area (Å²) in [4.78, 5) is 36.9. The van der Waals surface area contributed by atoms with Gasteiger partial charge in [0.05, 0.1) is 17.1 Å². The smallest absolute Gasteiger partial charge is 0.338 e. The molecule has 0 unspecified atom stereocenters. The summed E-state index contributed by atoms with van der Waals surface area (Å²) in [5, 5.41) is 13.8. The molecule has 0 heterocycles. The minimum absolute atomic E-state index is 0.0165. The number of benzene rings is 1. The highest BCUT2D eigenvalue weighted by Gasteiger charge is 2.19. The second kappa shape index (κ2) is 9.86. The van der Waals surface area contributed by atoms with Crippen molar-refractivity contribution in [3.05, 3.63) is 39.4 Å². The third-order valence-corrected chi connectivity index (χ3v) is 3.88. The van der Waals surface area contributed by atoms with E-state index in [1.807, 2.05) is 0 Å². The van der Waals surface area contributed by atoms with Crippen LogP contribution in [0.15, 0.2) is 18.2 Å². The number of nitrogens with zero attached hydrogens (tertiary/aromatic N) is 2. The molecule has 1 aromatic rings. The summed E-state index contributed by atoms with van der Waals surface area (Å²) < 4.78 is 4.86. The first-order chi connectivity index (χ1) is 12.2. The van der Waals surface area contributed by atoms with Gasteiger partial charge in [0, 0.05) is 42.9 Å². The molecule has 0 bridgehead atoms. The van der Waals surface area contributed by atoms with Gasteiger partial charge in [-0.15, -0.1) is 0 Å². The molecule has 0 spiro atoms. The van der Waals surface area contributed by atoms with Crippen molar-refractivity contribution in [2.75, 3.05) is 19.7 Å². The normalized spacial score (nSPS) is 11.1. The van der Waals surface area contributed by atoms with Crippen LogP contribution in [0.1, 0.15) is 55.3 Å². The zero-order valence-electron chi connectivity index (χ0n) is 15.9. The van der Waals surface area contributed by atoms with Gasteiger partial charge < -0.3 is 10.1 Å². The quantitative estimate of drug-likeness (QED) is 0.410. The first kappa shape index (κ1) is 21.6. The number of carbonyl (C=O) groups is 2. The monoisotopic (exact) mass is 365 g/mol. The number of hydrogen-bond acceptors (Lipinski definition) is 6. The molecule has 0 aliphatic heterocycles. The Morgan fingerprint density at radius 3 is 2.23 bits per heavy atom. The van der Waals surface area contributed by atoms with Gasteiger partial charge in [0.1, 0.15) is 0 Å². The lowest BCUT2D eigenvalue weighted by Crippen LogP contribution is -2.42. The first-order valence-corrected chi connectivity index (χ1v) is 8.67. The molecule has 1 rings (SSSR count). The SMILES string of the molecule is CCOC(=O)c1cc(C(=O)NCCN(C(C)C)C(C)C)cc([N+](=O)[O-])c1. The predicted octanol–water partition coefficient (Wildman–Crippen LogP) is 2.62. The minimum Gasteiger partial charge on any atom is -0.462 e. The van der Waals surface area contributed by atoms with E-state index in [1.54, 1.807) is 6.92 Å². The Hall–Kier alpha value is -2.48. The van der Waals surface area contributed by atoms with Crippen LogP contribution >= 0.6 is 0 Å². The maximum atomic E-state index is 12.4. The number of carbonyl (C=O) groups excluding carboxylic acids is 2. The second-order valence-electron chi connectivity index (χ2n) is 6.43. The standard InChI is InChI=1S/C18H27N3O5/c1-6-26-18(23)15-9-14(10-16(11-15)21(24)25)17(22)19-7-8-20(12(2)3)13(4)5/h9-13H,6-8H2,1-5H3,(H,19,22). The van der Waals surface area contributed by atoms with E-state index in [9.17, 15) is 19.7 Å². The van der Waals surface area contributed by atoms with Crippen molar-refractivity contribution in [3.8, 4) is 0 Å². The molecule has 0 aliphatic carbocycles. The summed E-state index contributed by atoms with van der Waals surface area (Å²) >= 11 is 0. The van der Waals surface area contributed by atoms with E-state index >= 15 is 0 Å². The topological polar surface area (TPSA) is 102 Å². The third kappa shape index (κ3) is 6.11. The Morgan fingerprint density at radius 1 is 1.15 bits per heavy atom. The number of nitro benzene ring substituents is 1. The molecule has 0 atom stereocenters. The molecule has 26 heavy (non-hydrogen) atoms. The Morgan fingerprint density at radius 2 is 1.73 bits per heavy atom. The number of nitro groups is 1.